The highest BCUT2D eigenvalue weighted by molar-refractivity contribution is 14.1. The molecule has 0 aliphatic carbocycles. The van der Waals surface area contributed by atoms with Crippen molar-refractivity contribution in [1.82, 2.24) is 4.90 Å². The molecule has 2 heteroatoms. The quantitative estimate of drug-likeness (QED) is 0.702. The zero-order valence-electron chi connectivity index (χ0n) is 11.4. The molecule has 0 aromatic heterocycles. The topological polar surface area (TPSA) is 3.24 Å². The molecular formula is C16H24IN. The molecule has 2 rings (SSSR count). The molecule has 100 valence electrons. The zero-order valence-corrected chi connectivity index (χ0v) is 13.5. The fourth-order valence-corrected chi connectivity index (χ4v) is 3.57. The minimum atomic E-state index is 0.758. The second-order valence-electron chi connectivity index (χ2n) is 5.37. The molecule has 0 N–H and O–H groups in total. The molecule has 0 spiro atoms. The Morgan fingerprint density at radius 2 is 2.00 bits per heavy atom. The van der Waals surface area contributed by atoms with Gasteiger partial charge in [0.2, 0.25) is 0 Å². The minimum Gasteiger partial charge on any atom is -0.300 e. The third-order valence-electron chi connectivity index (χ3n) is 3.89. The number of hydrogen-bond acceptors (Lipinski definition) is 1. The molecular weight excluding hydrogens is 333 g/mol. The fourth-order valence-electron chi connectivity index (χ4n) is 2.97. The molecule has 1 aromatic rings. The zero-order chi connectivity index (χ0) is 12.8. The van der Waals surface area contributed by atoms with Crippen molar-refractivity contribution in [2.75, 3.05) is 13.1 Å². The highest BCUT2D eigenvalue weighted by Gasteiger charge is 2.20. The number of rotatable bonds is 5. The summed E-state index contributed by atoms with van der Waals surface area (Å²) in [6.45, 7) is 4.94. The summed E-state index contributed by atoms with van der Waals surface area (Å²) in [4.78, 5) is 2.73. The number of nitrogens with zero attached hydrogens (tertiary/aromatic N) is 1. The van der Waals surface area contributed by atoms with Gasteiger partial charge in [-0.25, -0.2) is 0 Å². The van der Waals surface area contributed by atoms with Crippen molar-refractivity contribution < 1.29 is 0 Å². The number of hydrogen-bond donors (Lipinski definition) is 0. The first-order valence-electron chi connectivity index (χ1n) is 7.28. The van der Waals surface area contributed by atoms with E-state index in [4.69, 9.17) is 0 Å². The summed E-state index contributed by atoms with van der Waals surface area (Å²) in [6, 6.07) is 9.76. The van der Waals surface area contributed by atoms with E-state index in [0.717, 1.165) is 6.04 Å². The van der Waals surface area contributed by atoms with E-state index in [1.165, 1.54) is 60.7 Å². The first-order chi connectivity index (χ1) is 8.79. The van der Waals surface area contributed by atoms with E-state index < -0.39 is 0 Å². The van der Waals surface area contributed by atoms with Crippen molar-refractivity contribution in [2.45, 2.75) is 51.5 Å². The van der Waals surface area contributed by atoms with Crippen LogP contribution in [0.4, 0.5) is 0 Å². The van der Waals surface area contributed by atoms with Crippen LogP contribution in [0.25, 0.3) is 0 Å². The average molecular weight is 357 g/mol. The van der Waals surface area contributed by atoms with Gasteiger partial charge in [-0.3, -0.25) is 0 Å². The van der Waals surface area contributed by atoms with Crippen LogP contribution in [-0.4, -0.2) is 24.0 Å². The Hall–Kier alpha value is -0.0900. The second kappa shape index (κ2) is 7.49. The van der Waals surface area contributed by atoms with Crippen molar-refractivity contribution >= 4 is 22.6 Å². The van der Waals surface area contributed by atoms with Crippen LogP contribution in [-0.2, 0) is 6.42 Å². The van der Waals surface area contributed by atoms with Crippen LogP contribution in [0, 0.1) is 3.57 Å². The van der Waals surface area contributed by atoms with E-state index in [0.29, 0.717) is 0 Å². The van der Waals surface area contributed by atoms with E-state index >= 15 is 0 Å². The van der Waals surface area contributed by atoms with E-state index in [1.54, 1.807) is 0 Å². The van der Waals surface area contributed by atoms with E-state index in [9.17, 15) is 0 Å². The summed E-state index contributed by atoms with van der Waals surface area (Å²) in [6.07, 6.45) is 8.08. The first kappa shape index (κ1) is 14.3. The predicted octanol–water partition coefficient (Wildman–Crippen LogP) is 4.49. The van der Waals surface area contributed by atoms with Gasteiger partial charge in [0.1, 0.15) is 0 Å². The van der Waals surface area contributed by atoms with Gasteiger partial charge in [0.05, 0.1) is 0 Å². The maximum atomic E-state index is 2.73. The SMILES string of the molecule is CCCC(Cc1cccc(I)c1)N1CCCCC1. The van der Waals surface area contributed by atoms with E-state index in [2.05, 4.69) is 58.7 Å². The van der Waals surface area contributed by atoms with Crippen molar-refractivity contribution in [1.29, 1.82) is 0 Å². The maximum Gasteiger partial charge on any atom is 0.0136 e. The van der Waals surface area contributed by atoms with Gasteiger partial charge in [0, 0.05) is 9.61 Å². The molecule has 0 amide bonds. The van der Waals surface area contributed by atoms with Crippen molar-refractivity contribution in [3.63, 3.8) is 0 Å². The standard InChI is InChI=1S/C16H24IN/c1-2-7-16(18-10-4-3-5-11-18)13-14-8-6-9-15(17)12-14/h6,8-9,12,16H,2-5,7,10-11,13H2,1H3. The minimum absolute atomic E-state index is 0.758. The predicted molar refractivity (Wildman–Crippen MR) is 87.0 cm³/mol. The Morgan fingerprint density at radius 3 is 2.67 bits per heavy atom. The highest BCUT2D eigenvalue weighted by atomic mass is 127. The Bertz CT molecular complexity index is 358. The third kappa shape index (κ3) is 4.23. The molecule has 1 heterocycles. The van der Waals surface area contributed by atoms with Crippen LogP contribution in [0.5, 0.6) is 0 Å². The number of piperidine rings is 1. The summed E-state index contributed by atoms with van der Waals surface area (Å²) in [5, 5.41) is 0. The number of likely N-dealkylation sites (tertiary alicyclic amines) is 1. The molecule has 0 bridgehead atoms. The van der Waals surface area contributed by atoms with Crippen LogP contribution in [0.3, 0.4) is 0 Å². The van der Waals surface area contributed by atoms with Gasteiger partial charge in [0.25, 0.3) is 0 Å². The average Bonchev–Trinajstić information content (AvgIpc) is 2.39. The molecule has 18 heavy (non-hydrogen) atoms. The van der Waals surface area contributed by atoms with Gasteiger partial charge < -0.3 is 4.90 Å². The summed E-state index contributed by atoms with van der Waals surface area (Å²) in [5.41, 5.74) is 1.51. The van der Waals surface area contributed by atoms with Gasteiger partial charge in [-0.2, -0.15) is 0 Å². The molecule has 1 aromatic carbocycles. The van der Waals surface area contributed by atoms with Gasteiger partial charge in [-0.05, 0) is 79.1 Å². The molecule has 1 aliphatic heterocycles. The summed E-state index contributed by atoms with van der Waals surface area (Å²) >= 11 is 2.41. The molecule has 1 saturated heterocycles. The molecule has 1 unspecified atom stereocenters. The largest absolute Gasteiger partial charge is 0.300 e. The van der Waals surface area contributed by atoms with Crippen molar-refractivity contribution in [3.8, 4) is 0 Å². The summed E-state index contributed by atoms with van der Waals surface area (Å²) in [7, 11) is 0. The van der Waals surface area contributed by atoms with Crippen LogP contribution < -0.4 is 0 Å². The van der Waals surface area contributed by atoms with Crippen LogP contribution >= 0.6 is 22.6 Å². The molecule has 1 fully saturated rings. The Morgan fingerprint density at radius 1 is 1.22 bits per heavy atom. The lowest BCUT2D eigenvalue weighted by atomic mass is 9.98. The number of benzene rings is 1. The Labute approximate surface area is 125 Å². The van der Waals surface area contributed by atoms with E-state index in [1.807, 2.05) is 0 Å². The molecule has 1 nitrogen and oxygen atoms in total. The van der Waals surface area contributed by atoms with Crippen LogP contribution in [0.1, 0.15) is 44.6 Å². The van der Waals surface area contributed by atoms with Gasteiger partial charge in [-0.15, -0.1) is 0 Å². The van der Waals surface area contributed by atoms with Crippen LogP contribution in [0.15, 0.2) is 24.3 Å². The lowest BCUT2D eigenvalue weighted by Crippen LogP contribution is -2.40. The maximum absolute atomic E-state index is 2.73. The van der Waals surface area contributed by atoms with Crippen LogP contribution in [0.2, 0.25) is 0 Å². The van der Waals surface area contributed by atoms with Gasteiger partial charge >= 0.3 is 0 Å². The fraction of sp³-hybridized carbons (Fsp3) is 0.625. The number of halogens is 1. The smallest absolute Gasteiger partial charge is 0.0136 e. The van der Waals surface area contributed by atoms with E-state index in [-0.39, 0.29) is 0 Å². The van der Waals surface area contributed by atoms with Gasteiger partial charge in [-0.1, -0.05) is 31.9 Å². The molecule has 1 aliphatic rings. The normalized spacial score (nSPS) is 18.8. The molecule has 0 saturated carbocycles. The third-order valence-corrected chi connectivity index (χ3v) is 4.56. The monoisotopic (exact) mass is 357 g/mol. The van der Waals surface area contributed by atoms with Gasteiger partial charge in [0.15, 0.2) is 0 Å². The highest BCUT2D eigenvalue weighted by Crippen LogP contribution is 2.20. The summed E-state index contributed by atoms with van der Waals surface area (Å²) < 4.78 is 1.36. The molecule has 1 atom stereocenters. The first-order valence-corrected chi connectivity index (χ1v) is 8.36. The van der Waals surface area contributed by atoms with Crippen molar-refractivity contribution in [3.05, 3.63) is 33.4 Å². The molecule has 0 radical (unpaired) electrons. The lowest BCUT2D eigenvalue weighted by Gasteiger charge is -2.34. The Kier molecular flexibility index (Phi) is 5.96. The second-order valence-corrected chi connectivity index (χ2v) is 6.62. The summed E-state index contributed by atoms with van der Waals surface area (Å²) in [5.74, 6) is 0. The van der Waals surface area contributed by atoms with Crippen molar-refractivity contribution in [2.24, 2.45) is 0 Å². The Balaban J connectivity index is 2.00. The lowest BCUT2D eigenvalue weighted by molar-refractivity contribution is 0.153.